The molecule has 2 rings (SSSR count). The van der Waals surface area contributed by atoms with E-state index in [0.29, 0.717) is 24.2 Å². The first-order chi connectivity index (χ1) is 10.0. The molecule has 0 spiro atoms. The summed E-state index contributed by atoms with van der Waals surface area (Å²) >= 11 is 0. The fourth-order valence-corrected chi connectivity index (χ4v) is 2.03. The maximum Gasteiger partial charge on any atom is 0.298 e. The van der Waals surface area contributed by atoms with Crippen molar-refractivity contribution in [2.45, 2.75) is 26.3 Å². The molecule has 0 bridgehead atoms. The number of anilines is 1. The standard InChI is InChI=1S/C14H20N4O3/c1-4-10(2)17(3)9-8-15-14-16-13-11(18(19)20)6-5-7-12(13)21-14/h5-7,10H,4,8-9H2,1-3H3,(H,15,16). The molecule has 1 unspecified atom stereocenters. The van der Waals surface area contributed by atoms with Gasteiger partial charge in [0.15, 0.2) is 11.1 Å². The molecule has 0 saturated carbocycles. The second-order valence-corrected chi connectivity index (χ2v) is 5.06. The van der Waals surface area contributed by atoms with E-state index in [1.165, 1.54) is 6.07 Å². The number of benzene rings is 1. The zero-order chi connectivity index (χ0) is 15.4. The molecule has 1 heterocycles. The molecule has 2 aromatic rings. The number of nitrogens with zero attached hydrogens (tertiary/aromatic N) is 3. The van der Waals surface area contributed by atoms with Crippen molar-refractivity contribution < 1.29 is 9.34 Å². The lowest BCUT2D eigenvalue weighted by molar-refractivity contribution is -0.383. The Morgan fingerprint density at radius 3 is 2.95 bits per heavy atom. The summed E-state index contributed by atoms with van der Waals surface area (Å²) in [5.41, 5.74) is 0.656. The van der Waals surface area contributed by atoms with E-state index in [4.69, 9.17) is 4.42 Å². The average molecular weight is 292 g/mol. The summed E-state index contributed by atoms with van der Waals surface area (Å²) in [4.78, 5) is 16.9. The van der Waals surface area contributed by atoms with E-state index in [1.807, 2.05) is 0 Å². The average Bonchev–Trinajstić information content (AvgIpc) is 2.88. The van der Waals surface area contributed by atoms with Gasteiger partial charge in [0.2, 0.25) is 0 Å². The molecule has 1 N–H and O–H groups in total. The fraction of sp³-hybridized carbons (Fsp3) is 0.500. The van der Waals surface area contributed by atoms with E-state index in [2.05, 4.69) is 36.1 Å². The van der Waals surface area contributed by atoms with Gasteiger partial charge in [0.05, 0.1) is 4.92 Å². The van der Waals surface area contributed by atoms with Gasteiger partial charge in [0.1, 0.15) is 0 Å². The maximum absolute atomic E-state index is 10.9. The molecule has 0 fully saturated rings. The number of likely N-dealkylation sites (N-methyl/N-ethyl adjacent to an activating group) is 1. The lowest BCUT2D eigenvalue weighted by Gasteiger charge is -2.23. The lowest BCUT2D eigenvalue weighted by atomic mass is 10.2. The second-order valence-electron chi connectivity index (χ2n) is 5.06. The molecule has 0 aliphatic rings. The Balaban J connectivity index is 2.03. The van der Waals surface area contributed by atoms with Gasteiger partial charge in [-0.25, -0.2) is 0 Å². The largest absolute Gasteiger partial charge is 0.423 e. The van der Waals surface area contributed by atoms with Crippen LogP contribution in [0.25, 0.3) is 11.1 Å². The molecule has 1 aromatic heterocycles. The molecule has 7 heteroatoms. The highest BCUT2D eigenvalue weighted by Crippen LogP contribution is 2.27. The molecule has 0 saturated heterocycles. The quantitative estimate of drug-likeness (QED) is 0.624. The number of fused-ring (bicyclic) bond motifs is 1. The van der Waals surface area contributed by atoms with E-state index < -0.39 is 4.92 Å². The number of hydrogen-bond acceptors (Lipinski definition) is 6. The number of rotatable bonds is 7. The van der Waals surface area contributed by atoms with Crippen LogP contribution >= 0.6 is 0 Å². The summed E-state index contributed by atoms with van der Waals surface area (Å²) in [6.45, 7) is 5.83. The molecule has 7 nitrogen and oxygen atoms in total. The van der Waals surface area contributed by atoms with Crippen molar-refractivity contribution in [3.05, 3.63) is 28.3 Å². The van der Waals surface area contributed by atoms with Gasteiger partial charge < -0.3 is 14.6 Å². The van der Waals surface area contributed by atoms with Gasteiger partial charge in [-0.3, -0.25) is 10.1 Å². The molecule has 1 atom stereocenters. The van der Waals surface area contributed by atoms with E-state index in [0.717, 1.165) is 13.0 Å². The van der Waals surface area contributed by atoms with E-state index in [-0.39, 0.29) is 11.2 Å². The number of nitrogens with one attached hydrogen (secondary N) is 1. The van der Waals surface area contributed by atoms with Crippen LogP contribution in [0.5, 0.6) is 0 Å². The zero-order valence-corrected chi connectivity index (χ0v) is 12.5. The molecule has 114 valence electrons. The smallest absolute Gasteiger partial charge is 0.298 e. The van der Waals surface area contributed by atoms with Gasteiger partial charge in [0, 0.05) is 25.2 Å². The highest BCUT2D eigenvalue weighted by molar-refractivity contribution is 5.83. The van der Waals surface area contributed by atoms with Crippen LogP contribution in [0.1, 0.15) is 20.3 Å². The van der Waals surface area contributed by atoms with Crippen LogP contribution in [0.2, 0.25) is 0 Å². The van der Waals surface area contributed by atoms with Gasteiger partial charge >= 0.3 is 0 Å². The number of oxazole rings is 1. The molecular formula is C14H20N4O3. The van der Waals surface area contributed by atoms with Gasteiger partial charge in [0.25, 0.3) is 11.7 Å². The van der Waals surface area contributed by atoms with Crippen molar-refractivity contribution in [1.82, 2.24) is 9.88 Å². The number of para-hydroxylation sites is 1. The van der Waals surface area contributed by atoms with Crippen molar-refractivity contribution in [3.8, 4) is 0 Å². The van der Waals surface area contributed by atoms with Crippen LogP contribution in [0.4, 0.5) is 11.7 Å². The minimum absolute atomic E-state index is 0.0407. The number of nitro groups is 1. The van der Waals surface area contributed by atoms with E-state index >= 15 is 0 Å². The normalized spacial score (nSPS) is 12.8. The van der Waals surface area contributed by atoms with Crippen LogP contribution in [0.15, 0.2) is 22.6 Å². The molecule has 1 aromatic carbocycles. The molecule has 0 radical (unpaired) electrons. The van der Waals surface area contributed by atoms with Crippen LogP contribution in [-0.4, -0.2) is 41.0 Å². The second kappa shape index (κ2) is 6.53. The van der Waals surface area contributed by atoms with Crippen molar-refractivity contribution in [2.75, 3.05) is 25.5 Å². The third-order valence-electron chi connectivity index (χ3n) is 3.68. The van der Waals surface area contributed by atoms with Crippen molar-refractivity contribution in [2.24, 2.45) is 0 Å². The Kier molecular flexibility index (Phi) is 4.74. The molecule has 0 aliphatic carbocycles. The molecule has 0 aliphatic heterocycles. The van der Waals surface area contributed by atoms with Gasteiger partial charge in [-0.05, 0) is 26.5 Å². The summed E-state index contributed by atoms with van der Waals surface area (Å²) in [7, 11) is 2.06. The summed E-state index contributed by atoms with van der Waals surface area (Å²) in [5.74, 6) is 0. The number of nitro benzene ring substituents is 1. The summed E-state index contributed by atoms with van der Waals surface area (Å²) in [5, 5.41) is 14.0. The monoisotopic (exact) mass is 292 g/mol. The summed E-state index contributed by atoms with van der Waals surface area (Å²) < 4.78 is 5.48. The minimum Gasteiger partial charge on any atom is -0.423 e. The van der Waals surface area contributed by atoms with Gasteiger partial charge in [-0.1, -0.05) is 13.0 Å². The molecular weight excluding hydrogens is 272 g/mol. The van der Waals surface area contributed by atoms with Gasteiger partial charge in [-0.15, -0.1) is 0 Å². The van der Waals surface area contributed by atoms with Crippen molar-refractivity contribution in [1.29, 1.82) is 0 Å². The Labute approximate surface area is 123 Å². The maximum atomic E-state index is 10.9. The highest BCUT2D eigenvalue weighted by Gasteiger charge is 2.17. The molecule has 21 heavy (non-hydrogen) atoms. The van der Waals surface area contributed by atoms with Crippen LogP contribution < -0.4 is 5.32 Å². The number of hydrogen-bond donors (Lipinski definition) is 1. The first-order valence-electron chi connectivity index (χ1n) is 7.01. The Bertz CT molecular complexity index is 626. The molecule has 0 amide bonds. The fourth-order valence-electron chi connectivity index (χ4n) is 2.03. The Morgan fingerprint density at radius 2 is 2.29 bits per heavy atom. The third kappa shape index (κ3) is 3.49. The zero-order valence-electron chi connectivity index (χ0n) is 12.5. The predicted molar refractivity (Wildman–Crippen MR) is 81.5 cm³/mol. The van der Waals surface area contributed by atoms with Crippen molar-refractivity contribution in [3.63, 3.8) is 0 Å². The van der Waals surface area contributed by atoms with E-state index in [9.17, 15) is 10.1 Å². The highest BCUT2D eigenvalue weighted by atomic mass is 16.6. The SMILES string of the molecule is CCC(C)N(C)CCNc1nc2c([N+](=O)[O-])cccc2o1. The topological polar surface area (TPSA) is 84.4 Å². The van der Waals surface area contributed by atoms with Crippen LogP contribution in [0.3, 0.4) is 0 Å². The Morgan fingerprint density at radius 1 is 1.52 bits per heavy atom. The predicted octanol–water partition coefficient (Wildman–Crippen LogP) is 2.88. The first-order valence-corrected chi connectivity index (χ1v) is 7.01. The van der Waals surface area contributed by atoms with Crippen LogP contribution in [-0.2, 0) is 0 Å². The third-order valence-corrected chi connectivity index (χ3v) is 3.68. The Hall–Kier alpha value is -2.15. The van der Waals surface area contributed by atoms with E-state index in [1.54, 1.807) is 12.1 Å². The van der Waals surface area contributed by atoms with Crippen LogP contribution in [0, 0.1) is 10.1 Å². The summed E-state index contributed by atoms with van der Waals surface area (Å²) in [6.07, 6.45) is 1.09. The number of aromatic nitrogens is 1. The van der Waals surface area contributed by atoms with Crippen molar-refractivity contribution >= 4 is 22.8 Å². The van der Waals surface area contributed by atoms with Gasteiger partial charge in [-0.2, -0.15) is 4.98 Å². The minimum atomic E-state index is -0.453. The lowest BCUT2D eigenvalue weighted by Crippen LogP contribution is -2.32. The first kappa shape index (κ1) is 15.2. The number of non-ortho nitro benzene ring substituents is 1. The summed E-state index contributed by atoms with van der Waals surface area (Å²) in [6, 6.07) is 5.51.